The molecular formula is C13H21N3O2. The van der Waals surface area contributed by atoms with E-state index in [2.05, 4.69) is 24.3 Å². The largest absolute Gasteiger partial charge is 0.380 e. The molecule has 1 saturated carbocycles. The number of carbonyl (C=O) groups excluding carboxylic acids is 1. The first-order chi connectivity index (χ1) is 8.49. The van der Waals surface area contributed by atoms with Crippen LogP contribution < -0.4 is 5.32 Å². The lowest BCUT2D eigenvalue weighted by molar-refractivity contribution is -0.133. The summed E-state index contributed by atoms with van der Waals surface area (Å²) in [5, 5.41) is 17.1. The van der Waals surface area contributed by atoms with Crippen LogP contribution in [0.5, 0.6) is 0 Å². The molecule has 100 valence electrons. The molecule has 2 rings (SSSR count). The minimum Gasteiger partial charge on any atom is -0.380 e. The Balaban J connectivity index is 1.96. The Hall–Kier alpha value is -1.36. The van der Waals surface area contributed by atoms with Gasteiger partial charge in [0.1, 0.15) is 5.60 Å². The molecule has 1 fully saturated rings. The Kier molecular flexibility index (Phi) is 3.71. The normalized spacial score (nSPS) is 18.2. The van der Waals surface area contributed by atoms with E-state index in [0.717, 1.165) is 19.4 Å². The van der Waals surface area contributed by atoms with Crippen LogP contribution in [0.1, 0.15) is 39.5 Å². The molecule has 0 spiro atoms. The van der Waals surface area contributed by atoms with E-state index >= 15 is 0 Å². The van der Waals surface area contributed by atoms with Crippen molar-refractivity contribution in [3.8, 4) is 0 Å². The predicted octanol–water partition coefficient (Wildman–Crippen LogP) is 1.78. The molecule has 5 nitrogen and oxygen atoms in total. The van der Waals surface area contributed by atoms with E-state index in [-0.39, 0.29) is 5.91 Å². The van der Waals surface area contributed by atoms with Gasteiger partial charge in [0.25, 0.3) is 5.91 Å². The average Bonchev–Trinajstić information content (AvgIpc) is 2.88. The second-order valence-electron chi connectivity index (χ2n) is 5.54. The van der Waals surface area contributed by atoms with Crippen molar-refractivity contribution in [2.45, 2.75) is 51.7 Å². The van der Waals surface area contributed by atoms with Gasteiger partial charge in [0, 0.05) is 12.7 Å². The summed E-state index contributed by atoms with van der Waals surface area (Å²) in [6.07, 6.45) is 6.36. The van der Waals surface area contributed by atoms with Crippen molar-refractivity contribution in [3.05, 3.63) is 12.4 Å². The van der Waals surface area contributed by atoms with Gasteiger partial charge in [-0.25, -0.2) is 0 Å². The molecule has 5 heteroatoms. The van der Waals surface area contributed by atoms with E-state index in [0.29, 0.717) is 24.4 Å². The minimum atomic E-state index is -1.18. The smallest absolute Gasteiger partial charge is 0.256 e. The fourth-order valence-corrected chi connectivity index (χ4v) is 2.34. The molecule has 18 heavy (non-hydrogen) atoms. The molecule has 0 aliphatic heterocycles. The number of carbonyl (C=O) groups is 1. The van der Waals surface area contributed by atoms with Crippen LogP contribution in [-0.4, -0.2) is 26.4 Å². The molecule has 0 unspecified atom stereocenters. The van der Waals surface area contributed by atoms with Gasteiger partial charge in [-0.05, 0) is 31.6 Å². The maximum Gasteiger partial charge on any atom is 0.256 e. The maximum absolute atomic E-state index is 12.0. The average molecular weight is 251 g/mol. The zero-order valence-corrected chi connectivity index (χ0v) is 11.0. The van der Waals surface area contributed by atoms with Gasteiger partial charge in [0.15, 0.2) is 0 Å². The van der Waals surface area contributed by atoms with Crippen LogP contribution in [0.3, 0.4) is 0 Å². The summed E-state index contributed by atoms with van der Waals surface area (Å²) in [6.45, 7) is 5.04. The highest BCUT2D eigenvalue weighted by Crippen LogP contribution is 2.30. The van der Waals surface area contributed by atoms with E-state index in [9.17, 15) is 9.90 Å². The lowest BCUT2D eigenvalue weighted by Crippen LogP contribution is -2.40. The van der Waals surface area contributed by atoms with Crippen molar-refractivity contribution in [1.82, 2.24) is 9.78 Å². The molecule has 1 amide bonds. The number of anilines is 1. The standard InChI is InChI=1S/C13H21N3O2/c1-10(2)8-16-9-11(7-14-16)15-12(17)13(18)5-3-4-6-13/h7,9-10,18H,3-6,8H2,1-2H3,(H,15,17). The van der Waals surface area contributed by atoms with Gasteiger partial charge in [-0.1, -0.05) is 13.8 Å². The molecule has 1 aromatic rings. The SMILES string of the molecule is CC(C)Cn1cc(NC(=O)C2(O)CCCC2)cn1. The second-order valence-corrected chi connectivity index (χ2v) is 5.54. The number of rotatable bonds is 4. The van der Waals surface area contributed by atoms with E-state index in [1.165, 1.54) is 0 Å². The predicted molar refractivity (Wildman–Crippen MR) is 69.1 cm³/mol. The van der Waals surface area contributed by atoms with E-state index < -0.39 is 5.60 Å². The van der Waals surface area contributed by atoms with E-state index in [1.54, 1.807) is 17.1 Å². The number of nitrogens with zero attached hydrogens (tertiary/aromatic N) is 2. The van der Waals surface area contributed by atoms with Gasteiger partial charge in [-0.15, -0.1) is 0 Å². The Morgan fingerprint density at radius 2 is 2.22 bits per heavy atom. The summed E-state index contributed by atoms with van der Waals surface area (Å²) in [4.78, 5) is 12.0. The Morgan fingerprint density at radius 1 is 1.56 bits per heavy atom. The van der Waals surface area contributed by atoms with Crippen LogP contribution in [0.25, 0.3) is 0 Å². The molecule has 0 bridgehead atoms. The third kappa shape index (κ3) is 2.90. The van der Waals surface area contributed by atoms with Crippen molar-refractivity contribution in [3.63, 3.8) is 0 Å². The van der Waals surface area contributed by atoms with Crippen molar-refractivity contribution < 1.29 is 9.90 Å². The maximum atomic E-state index is 12.0. The highest BCUT2D eigenvalue weighted by atomic mass is 16.3. The highest BCUT2D eigenvalue weighted by molar-refractivity contribution is 5.97. The van der Waals surface area contributed by atoms with Gasteiger partial charge < -0.3 is 10.4 Å². The summed E-state index contributed by atoms with van der Waals surface area (Å²) in [6, 6.07) is 0. The molecule has 2 N–H and O–H groups in total. The van der Waals surface area contributed by atoms with E-state index in [1.807, 2.05) is 0 Å². The first kappa shape index (κ1) is 13.1. The third-order valence-electron chi connectivity index (χ3n) is 3.30. The fourth-order valence-electron chi connectivity index (χ4n) is 2.34. The quantitative estimate of drug-likeness (QED) is 0.857. The molecule has 0 radical (unpaired) electrons. The molecule has 0 saturated heterocycles. The summed E-state index contributed by atoms with van der Waals surface area (Å²) in [5.41, 5.74) is -0.527. The fraction of sp³-hybridized carbons (Fsp3) is 0.692. The Labute approximate surface area is 107 Å². The summed E-state index contributed by atoms with van der Waals surface area (Å²) >= 11 is 0. The third-order valence-corrected chi connectivity index (χ3v) is 3.30. The molecule has 1 aliphatic carbocycles. The van der Waals surface area contributed by atoms with Gasteiger partial charge >= 0.3 is 0 Å². The zero-order chi connectivity index (χ0) is 13.2. The highest BCUT2D eigenvalue weighted by Gasteiger charge is 2.38. The molecular weight excluding hydrogens is 230 g/mol. The number of hydrogen-bond acceptors (Lipinski definition) is 3. The van der Waals surface area contributed by atoms with Crippen LogP contribution in [-0.2, 0) is 11.3 Å². The van der Waals surface area contributed by atoms with Crippen molar-refractivity contribution in [2.75, 3.05) is 5.32 Å². The number of nitrogens with one attached hydrogen (secondary N) is 1. The van der Waals surface area contributed by atoms with Crippen LogP contribution in [0.15, 0.2) is 12.4 Å². The van der Waals surface area contributed by atoms with Crippen molar-refractivity contribution in [1.29, 1.82) is 0 Å². The Morgan fingerprint density at radius 3 is 2.83 bits per heavy atom. The first-order valence-corrected chi connectivity index (χ1v) is 6.56. The monoisotopic (exact) mass is 251 g/mol. The van der Waals surface area contributed by atoms with Gasteiger partial charge in [0.05, 0.1) is 11.9 Å². The number of amides is 1. The molecule has 0 atom stereocenters. The van der Waals surface area contributed by atoms with Gasteiger partial charge in [-0.3, -0.25) is 9.48 Å². The topological polar surface area (TPSA) is 67.2 Å². The van der Waals surface area contributed by atoms with Crippen molar-refractivity contribution >= 4 is 11.6 Å². The van der Waals surface area contributed by atoms with E-state index in [4.69, 9.17) is 0 Å². The summed E-state index contributed by atoms with van der Waals surface area (Å²) in [5.74, 6) is 0.205. The first-order valence-electron chi connectivity index (χ1n) is 6.56. The van der Waals surface area contributed by atoms with Gasteiger partial charge in [0.2, 0.25) is 0 Å². The summed E-state index contributed by atoms with van der Waals surface area (Å²) < 4.78 is 1.80. The van der Waals surface area contributed by atoms with Crippen LogP contribution in [0.4, 0.5) is 5.69 Å². The molecule has 0 aromatic carbocycles. The second kappa shape index (κ2) is 5.10. The number of hydrogen-bond donors (Lipinski definition) is 2. The lowest BCUT2D eigenvalue weighted by atomic mass is 10.0. The number of aromatic nitrogens is 2. The lowest BCUT2D eigenvalue weighted by Gasteiger charge is -2.20. The number of aliphatic hydroxyl groups is 1. The van der Waals surface area contributed by atoms with Crippen LogP contribution >= 0.6 is 0 Å². The van der Waals surface area contributed by atoms with Crippen molar-refractivity contribution in [2.24, 2.45) is 5.92 Å². The minimum absolute atomic E-state index is 0.302. The molecule has 1 aromatic heterocycles. The molecule has 1 heterocycles. The Bertz CT molecular complexity index is 420. The molecule has 1 aliphatic rings. The zero-order valence-electron chi connectivity index (χ0n) is 11.0. The summed E-state index contributed by atoms with van der Waals surface area (Å²) in [7, 11) is 0. The van der Waals surface area contributed by atoms with Crippen LogP contribution in [0.2, 0.25) is 0 Å². The van der Waals surface area contributed by atoms with Gasteiger partial charge in [-0.2, -0.15) is 5.10 Å². The van der Waals surface area contributed by atoms with Crippen LogP contribution in [0, 0.1) is 5.92 Å².